The third-order valence-electron chi connectivity index (χ3n) is 7.05. The molecule has 1 saturated carbocycles. The number of anilines is 1. The number of alkyl halides is 6. The zero-order valence-corrected chi connectivity index (χ0v) is 18.6. The van der Waals surface area contributed by atoms with Crippen molar-refractivity contribution in [2.75, 3.05) is 25.5 Å². The van der Waals surface area contributed by atoms with E-state index in [1.165, 1.54) is 0 Å². The Labute approximate surface area is 192 Å². The molecule has 1 N–H and O–H groups in total. The number of nitrogens with zero attached hydrogens (tertiary/aromatic N) is 3. The summed E-state index contributed by atoms with van der Waals surface area (Å²) in [5.41, 5.74) is -3.84. The van der Waals surface area contributed by atoms with Gasteiger partial charge in [-0.05, 0) is 51.4 Å². The second kappa shape index (κ2) is 8.14. The molecule has 1 spiro atoms. The van der Waals surface area contributed by atoms with Crippen molar-refractivity contribution in [1.82, 2.24) is 15.2 Å². The highest BCUT2D eigenvalue weighted by Crippen LogP contribution is 2.47. The Morgan fingerprint density at radius 1 is 0.971 bits per heavy atom. The van der Waals surface area contributed by atoms with E-state index in [1.807, 2.05) is 44.4 Å². The van der Waals surface area contributed by atoms with E-state index in [4.69, 9.17) is 0 Å². The molecule has 0 bridgehead atoms. The van der Waals surface area contributed by atoms with Crippen molar-refractivity contribution in [2.24, 2.45) is 0 Å². The number of rotatable bonds is 3. The minimum absolute atomic E-state index is 0.0407. The lowest BCUT2D eigenvalue weighted by atomic mass is 9.69. The Bertz CT molecular complexity index is 1060. The summed E-state index contributed by atoms with van der Waals surface area (Å²) in [4.78, 5) is 18.9. The third-order valence-corrected chi connectivity index (χ3v) is 7.05. The van der Waals surface area contributed by atoms with E-state index in [0.29, 0.717) is 31.9 Å². The molecule has 2 aliphatic rings. The first-order chi connectivity index (χ1) is 15.8. The van der Waals surface area contributed by atoms with Crippen molar-refractivity contribution >= 4 is 11.7 Å². The van der Waals surface area contributed by atoms with Crippen LogP contribution in [0.5, 0.6) is 0 Å². The summed E-state index contributed by atoms with van der Waals surface area (Å²) in [5, 5.41) is 2.82. The topological polar surface area (TPSA) is 48.5 Å². The summed E-state index contributed by atoms with van der Waals surface area (Å²) in [5.74, 6) is 0. The van der Waals surface area contributed by atoms with E-state index in [-0.39, 0.29) is 18.2 Å². The molecule has 1 aliphatic carbocycles. The maximum absolute atomic E-state index is 13.6. The fourth-order valence-corrected chi connectivity index (χ4v) is 5.12. The van der Waals surface area contributed by atoms with Gasteiger partial charge in [0.15, 0.2) is 0 Å². The Hall–Kier alpha value is -2.82. The lowest BCUT2D eigenvalue weighted by Gasteiger charge is -2.48. The molecule has 34 heavy (non-hydrogen) atoms. The summed E-state index contributed by atoms with van der Waals surface area (Å²) in [6.07, 6.45) is -7.35. The van der Waals surface area contributed by atoms with Gasteiger partial charge >= 0.3 is 18.4 Å². The van der Waals surface area contributed by atoms with Crippen LogP contribution >= 0.6 is 0 Å². The molecule has 5 nitrogen and oxygen atoms in total. The zero-order chi connectivity index (χ0) is 24.9. The fourth-order valence-electron chi connectivity index (χ4n) is 5.12. The molecule has 1 saturated heterocycles. The number of nitrogens with one attached hydrogen (secondary N) is 1. The maximum Gasteiger partial charge on any atom is 0.433 e. The van der Waals surface area contributed by atoms with Crippen LogP contribution in [0.1, 0.15) is 42.5 Å². The van der Waals surface area contributed by atoms with E-state index < -0.39 is 40.9 Å². The van der Waals surface area contributed by atoms with Gasteiger partial charge in [0.1, 0.15) is 5.69 Å². The van der Waals surface area contributed by atoms with Crippen LogP contribution in [0.4, 0.5) is 36.8 Å². The minimum Gasteiger partial charge on any atom is -0.330 e. The molecule has 0 unspecified atom stereocenters. The van der Waals surface area contributed by atoms with E-state index in [0.717, 1.165) is 10.5 Å². The number of hydrogen-bond acceptors (Lipinski definition) is 3. The molecule has 1 aromatic heterocycles. The number of urea groups is 1. The number of amides is 2. The van der Waals surface area contributed by atoms with Crippen molar-refractivity contribution in [3.05, 3.63) is 59.4 Å². The second-order valence-electron chi connectivity index (χ2n) is 9.17. The number of halogens is 6. The molecular formula is C23H24F6N4O. The van der Waals surface area contributed by atoms with Gasteiger partial charge in [-0.15, -0.1) is 0 Å². The lowest BCUT2D eigenvalue weighted by Crippen LogP contribution is -2.54. The molecule has 11 heteroatoms. The number of aromatic nitrogens is 1. The quantitative estimate of drug-likeness (QED) is 0.590. The summed E-state index contributed by atoms with van der Waals surface area (Å²) in [6.45, 7) is -0.0831. The molecule has 1 aliphatic heterocycles. The van der Waals surface area contributed by atoms with Crippen molar-refractivity contribution in [3.8, 4) is 0 Å². The summed E-state index contributed by atoms with van der Waals surface area (Å²) >= 11 is 0. The number of carbonyl (C=O) groups excluding carboxylic acids is 1. The first kappa shape index (κ1) is 24.3. The van der Waals surface area contributed by atoms with Gasteiger partial charge in [-0.3, -0.25) is 9.80 Å². The van der Waals surface area contributed by atoms with Crippen molar-refractivity contribution in [2.45, 2.75) is 49.1 Å². The predicted octanol–water partition coefficient (Wildman–Crippen LogP) is 5.42. The molecule has 2 aromatic rings. The number of carbonyl (C=O) groups is 1. The lowest BCUT2D eigenvalue weighted by molar-refractivity contribution is -0.145. The van der Waals surface area contributed by atoms with Gasteiger partial charge in [0.25, 0.3) is 0 Å². The van der Waals surface area contributed by atoms with Gasteiger partial charge in [-0.25, -0.2) is 9.78 Å². The molecular weight excluding hydrogens is 462 g/mol. The monoisotopic (exact) mass is 486 g/mol. The van der Waals surface area contributed by atoms with E-state index >= 15 is 0 Å². The number of benzene rings is 1. The van der Waals surface area contributed by atoms with Crippen LogP contribution in [0, 0.1) is 0 Å². The third kappa shape index (κ3) is 4.21. The first-order valence-corrected chi connectivity index (χ1v) is 10.7. The van der Waals surface area contributed by atoms with Gasteiger partial charge in [0.2, 0.25) is 0 Å². The van der Waals surface area contributed by atoms with Crippen LogP contribution in [0.2, 0.25) is 0 Å². The van der Waals surface area contributed by atoms with Crippen LogP contribution in [-0.2, 0) is 17.9 Å². The maximum atomic E-state index is 13.6. The van der Waals surface area contributed by atoms with E-state index in [1.54, 1.807) is 0 Å². The molecule has 2 fully saturated rings. The van der Waals surface area contributed by atoms with Crippen LogP contribution in [0.15, 0.2) is 42.6 Å². The normalized spacial score (nSPS) is 25.8. The Kier molecular flexibility index (Phi) is 5.82. The van der Waals surface area contributed by atoms with Gasteiger partial charge in [-0.1, -0.05) is 30.3 Å². The summed E-state index contributed by atoms with van der Waals surface area (Å²) in [7, 11) is 3.93. The van der Waals surface area contributed by atoms with Crippen LogP contribution in [0.3, 0.4) is 0 Å². The molecule has 2 amide bonds. The second-order valence-corrected chi connectivity index (χ2v) is 9.17. The Morgan fingerprint density at radius 2 is 1.59 bits per heavy atom. The largest absolute Gasteiger partial charge is 0.433 e. The highest BCUT2D eigenvalue weighted by molar-refractivity contribution is 5.96. The van der Waals surface area contributed by atoms with Gasteiger partial charge in [0.05, 0.1) is 29.5 Å². The number of hydrogen-bond donors (Lipinski definition) is 1. The summed E-state index contributed by atoms with van der Waals surface area (Å²) < 4.78 is 79.9. The standard InChI is InChI=1S/C23H24F6N4O/c1-32(2)21(15-6-4-3-5-7-15)10-8-20(9-11-21)14-33(19(34)31-20)17-13-30-18(23(27,28)29)12-16(17)22(24,25)26/h3-7,12-13H,8-11,14H2,1-2H3,(H,31,34)/t20-,21+. The van der Waals surface area contributed by atoms with E-state index in [2.05, 4.69) is 15.2 Å². The molecule has 184 valence electrons. The van der Waals surface area contributed by atoms with Gasteiger partial charge in [-0.2, -0.15) is 26.3 Å². The van der Waals surface area contributed by atoms with Crippen molar-refractivity contribution in [3.63, 3.8) is 0 Å². The molecule has 0 atom stereocenters. The highest BCUT2D eigenvalue weighted by Gasteiger charge is 2.51. The van der Waals surface area contributed by atoms with Crippen molar-refractivity contribution < 1.29 is 31.1 Å². The average Bonchev–Trinajstić information content (AvgIpc) is 3.09. The molecule has 0 radical (unpaired) electrons. The molecule has 1 aromatic carbocycles. The van der Waals surface area contributed by atoms with Crippen LogP contribution in [-0.4, -0.2) is 42.1 Å². The summed E-state index contributed by atoms with van der Waals surface area (Å²) in [6, 6.07) is 9.05. The van der Waals surface area contributed by atoms with Crippen molar-refractivity contribution in [1.29, 1.82) is 0 Å². The SMILES string of the molecule is CN(C)[C@]1(c2ccccc2)CC[C@]2(CC1)CN(c1cnc(C(F)(F)F)cc1C(F)(F)F)C(=O)N2. The van der Waals surface area contributed by atoms with Gasteiger partial charge in [0, 0.05) is 5.54 Å². The first-order valence-electron chi connectivity index (χ1n) is 10.7. The smallest absolute Gasteiger partial charge is 0.330 e. The minimum atomic E-state index is -5.09. The Balaban J connectivity index is 1.62. The molecule has 4 rings (SSSR count). The average molecular weight is 486 g/mol. The predicted molar refractivity (Wildman–Crippen MR) is 113 cm³/mol. The fraction of sp³-hybridized carbons (Fsp3) is 0.478. The van der Waals surface area contributed by atoms with Crippen LogP contribution in [0.25, 0.3) is 0 Å². The van der Waals surface area contributed by atoms with Crippen LogP contribution < -0.4 is 10.2 Å². The van der Waals surface area contributed by atoms with Gasteiger partial charge < -0.3 is 5.32 Å². The molecule has 2 heterocycles. The number of pyridine rings is 1. The van der Waals surface area contributed by atoms with E-state index in [9.17, 15) is 31.1 Å². The Morgan fingerprint density at radius 3 is 2.12 bits per heavy atom. The zero-order valence-electron chi connectivity index (χ0n) is 18.6. The highest BCUT2D eigenvalue weighted by atomic mass is 19.4.